The number of hydrogen-bond acceptors (Lipinski definition) is 2. The number of benzene rings is 1. The number of hydrogen-bond donors (Lipinski definition) is 1. The number of nitrogens with zero attached hydrogens (tertiary/aromatic N) is 1. The summed E-state index contributed by atoms with van der Waals surface area (Å²) in [7, 11) is 0. The second-order valence-corrected chi connectivity index (χ2v) is 5.65. The number of nitrogens with two attached hydrogens (primary N) is 1. The Kier molecular flexibility index (Phi) is 3.09. The molecular weight excluding hydrogens is 212 g/mol. The van der Waals surface area contributed by atoms with Gasteiger partial charge < -0.3 is 10.6 Å². The molecule has 1 aromatic rings. The molecule has 2 rings (SSSR count). The van der Waals surface area contributed by atoms with E-state index < -0.39 is 0 Å². The van der Waals surface area contributed by atoms with Crippen molar-refractivity contribution < 1.29 is 4.79 Å². The summed E-state index contributed by atoms with van der Waals surface area (Å²) in [6.07, 6.45) is 1.55. The van der Waals surface area contributed by atoms with Crippen LogP contribution in [0.15, 0.2) is 24.3 Å². The van der Waals surface area contributed by atoms with Crippen molar-refractivity contribution in [3.8, 4) is 0 Å². The van der Waals surface area contributed by atoms with Crippen LogP contribution in [0.1, 0.15) is 25.8 Å². The van der Waals surface area contributed by atoms with Gasteiger partial charge in [0, 0.05) is 18.8 Å². The first kappa shape index (κ1) is 12.0. The summed E-state index contributed by atoms with van der Waals surface area (Å²) in [5, 5.41) is 0. The minimum atomic E-state index is 0.209. The van der Waals surface area contributed by atoms with Crippen LogP contribution in [-0.4, -0.2) is 23.9 Å². The number of likely N-dealkylation sites (tertiary alicyclic amines) is 1. The van der Waals surface area contributed by atoms with Crippen LogP contribution in [0, 0.1) is 5.41 Å². The van der Waals surface area contributed by atoms with Crippen molar-refractivity contribution in [3.63, 3.8) is 0 Å². The summed E-state index contributed by atoms with van der Waals surface area (Å²) in [5.41, 5.74) is 7.69. The van der Waals surface area contributed by atoms with Crippen molar-refractivity contribution in [2.24, 2.45) is 5.41 Å². The van der Waals surface area contributed by atoms with Crippen LogP contribution >= 0.6 is 0 Å². The van der Waals surface area contributed by atoms with Crippen LogP contribution in [0.2, 0.25) is 0 Å². The molecule has 0 aromatic heterocycles. The summed E-state index contributed by atoms with van der Waals surface area (Å²) in [6, 6.07) is 7.56. The zero-order valence-corrected chi connectivity index (χ0v) is 10.6. The normalized spacial score (nSPS) is 18.4. The van der Waals surface area contributed by atoms with E-state index in [1.807, 2.05) is 29.2 Å². The van der Waals surface area contributed by atoms with Gasteiger partial charge in [-0.3, -0.25) is 4.79 Å². The van der Waals surface area contributed by atoms with Gasteiger partial charge in [0.05, 0.1) is 6.42 Å². The maximum Gasteiger partial charge on any atom is 0.227 e. The Morgan fingerprint density at radius 2 is 2.24 bits per heavy atom. The number of nitrogen functional groups attached to an aromatic ring is 1. The summed E-state index contributed by atoms with van der Waals surface area (Å²) in [5.74, 6) is 0.209. The van der Waals surface area contributed by atoms with Crippen LogP contribution in [0.3, 0.4) is 0 Å². The molecule has 0 spiro atoms. The predicted octanol–water partition coefficient (Wildman–Crippen LogP) is 2.07. The minimum Gasteiger partial charge on any atom is -0.399 e. The van der Waals surface area contributed by atoms with E-state index >= 15 is 0 Å². The molecule has 0 saturated carbocycles. The molecule has 0 radical (unpaired) electrons. The molecule has 1 aromatic carbocycles. The molecule has 92 valence electrons. The number of carbonyl (C=O) groups excluding carboxylic acids is 1. The van der Waals surface area contributed by atoms with E-state index in [1.54, 1.807) is 0 Å². The molecule has 3 heteroatoms. The van der Waals surface area contributed by atoms with E-state index in [2.05, 4.69) is 13.8 Å². The van der Waals surface area contributed by atoms with Crippen LogP contribution in [0.5, 0.6) is 0 Å². The second-order valence-electron chi connectivity index (χ2n) is 5.65. The Hall–Kier alpha value is -1.51. The van der Waals surface area contributed by atoms with Gasteiger partial charge in [0.25, 0.3) is 0 Å². The molecule has 1 saturated heterocycles. The Balaban J connectivity index is 1.98. The fourth-order valence-corrected chi connectivity index (χ4v) is 2.31. The van der Waals surface area contributed by atoms with Crippen LogP contribution in [-0.2, 0) is 11.2 Å². The maximum atomic E-state index is 12.1. The molecule has 1 fully saturated rings. The smallest absolute Gasteiger partial charge is 0.227 e. The van der Waals surface area contributed by atoms with Crippen LogP contribution in [0.4, 0.5) is 5.69 Å². The van der Waals surface area contributed by atoms with E-state index in [9.17, 15) is 4.79 Å². The molecule has 2 N–H and O–H groups in total. The lowest BCUT2D eigenvalue weighted by Gasteiger charge is -2.19. The number of carbonyl (C=O) groups is 1. The van der Waals surface area contributed by atoms with E-state index in [4.69, 9.17) is 5.73 Å². The molecule has 0 unspecified atom stereocenters. The molecule has 1 aliphatic heterocycles. The molecule has 0 aliphatic carbocycles. The third-order valence-corrected chi connectivity index (χ3v) is 3.34. The summed E-state index contributed by atoms with van der Waals surface area (Å²) in [6.45, 7) is 6.17. The first-order valence-electron chi connectivity index (χ1n) is 6.08. The SMILES string of the molecule is CC1(C)CCN(C(=O)Cc2cccc(N)c2)C1. The van der Waals surface area contributed by atoms with Crippen LogP contribution in [0.25, 0.3) is 0 Å². The van der Waals surface area contributed by atoms with Crippen molar-refractivity contribution in [2.45, 2.75) is 26.7 Å². The molecule has 1 amide bonds. The first-order chi connectivity index (χ1) is 7.96. The number of amides is 1. The zero-order chi connectivity index (χ0) is 12.5. The predicted molar refractivity (Wildman–Crippen MR) is 69.5 cm³/mol. The standard InChI is InChI=1S/C14H20N2O/c1-14(2)6-7-16(10-14)13(17)9-11-4-3-5-12(15)8-11/h3-5,8H,6-7,9-10,15H2,1-2H3. The quantitative estimate of drug-likeness (QED) is 0.793. The molecule has 1 heterocycles. The lowest BCUT2D eigenvalue weighted by Crippen LogP contribution is -2.31. The summed E-state index contributed by atoms with van der Waals surface area (Å²) in [4.78, 5) is 14.1. The second kappa shape index (κ2) is 4.40. The monoisotopic (exact) mass is 232 g/mol. The highest BCUT2D eigenvalue weighted by molar-refractivity contribution is 5.79. The highest BCUT2D eigenvalue weighted by atomic mass is 16.2. The Morgan fingerprint density at radius 1 is 1.47 bits per heavy atom. The van der Waals surface area contributed by atoms with E-state index in [-0.39, 0.29) is 11.3 Å². The third-order valence-electron chi connectivity index (χ3n) is 3.34. The lowest BCUT2D eigenvalue weighted by atomic mass is 9.93. The topological polar surface area (TPSA) is 46.3 Å². The molecular formula is C14H20N2O. The van der Waals surface area contributed by atoms with Gasteiger partial charge in [0.15, 0.2) is 0 Å². The number of rotatable bonds is 2. The van der Waals surface area contributed by atoms with E-state index in [0.29, 0.717) is 6.42 Å². The van der Waals surface area contributed by atoms with Gasteiger partial charge in [-0.1, -0.05) is 26.0 Å². The minimum absolute atomic E-state index is 0.209. The fourth-order valence-electron chi connectivity index (χ4n) is 2.31. The summed E-state index contributed by atoms with van der Waals surface area (Å²) >= 11 is 0. The van der Waals surface area contributed by atoms with E-state index in [0.717, 1.165) is 30.8 Å². The first-order valence-corrected chi connectivity index (χ1v) is 6.08. The van der Waals surface area contributed by atoms with Gasteiger partial charge in [-0.15, -0.1) is 0 Å². The van der Waals surface area contributed by atoms with Crippen molar-refractivity contribution in [3.05, 3.63) is 29.8 Å². The fraction of sp³-hybridized carbons (Fsp3) is 0.500. The Morgan fingerprint density at radius 3 is 2.82 bits per heavy atom. The van der Waals surface area contributed by atoms with Gasteiger partial charge in [0.1, 0.15) is 0 Å². The van der Waals surface area contributed by atoms with Gasteiger partial charge in [-0.05, 0) is 29.5 Å². The van der Waals surface area contributed by atoms with Gasteiger partial charge in [-0.2, -0.15) is 0 Å². The average Bonchev–Trinajstić information content (AvgIpc) is 2.59. The molecule has 0 bridgehead atoms. The van der Waals surface area contributed by atoms with Crippen LogP contribution < -0.4 is 5.73 Å². The van der Waals surface area contributed by atoms with Crippen molar-refractivity contribution in [1.82, 2.24) is 4.90 Å². The zero-order valence-electron chi connectivity index (χ0n) is 10.6. The van der Waals surface area contributed by atoms with Gasteiger partial charge in [-0.25, -0.2) is 0 Å². The molecule has 17 heavy (non-hydrogen) atoms. The third kappa shape index (κ3) is 2.99. The maximum absolute atomic E-state index is 12.1. The average molecular weight is 232 g/mol. The Labute approximate surface area is 103 Å². The highest BCUT2D eigenvalue weighted by Gasteiger charge is 2.31. The van der Waals surface area contributed by atoms with Gasteiger partial charge >= 0.3 is 0 Å². The molecule has 1 aliphatic rings. The summed E-state index contributed by atoms with van der Waals surface area (Å²) < 4.78 is 0. The molecule has 0 atom stereocenters. The lowest BCUT2D eigenvalue weighted by molar-refractivity contribution is -0.129. The number of anilines is 1. The van der Waals surface area contributed by atoms with Crippen molar-refractivity contribution in [2.75, 3.05) is 18.8 Å². The largest absolute Gasteiger partial charge is 0.399 e. The highest BCUT2D eigenvalue weighted by Crippen LogP contribution is 2.29. The van der Waals surface area contributed by atoms with Gasteiger partial charge in [0.2, 0.25) is 5.91 Å². The van der Waals surface area contributed by atoms with Crippen molar-refractivity contribution >= 4 is 11.6 Å². The molecule has 3 nitrogen and oxygen atoms in total. The van der Waals surface area contributed by atoms with E-state index in [1.165, 1.54) is 0 Å². The van der Waals surface area contributed by atoms with Crippen molar-refractivity contribution in [1.29, 1.82) is 0 Å². The Bertz CT molecular complexity index is 426.